The van der Waals surface area contributed by atoms with Gasteiger partial charge >= 0.3 is 5.97 Å². The number of nitrogens with zero attached hydrogens (tertiary/aromatic N) is 6. The van der Waals surface area contributed by atoms with Gasteiger partial charge in [-0.25, -0.2) is 4.79 Å². The van der Waals surface area contributed by atoms with E-state index in [1.165, 1.54) is 11.5 Å². The Morgan fingerprint density at radius 3 is 2.44 bits per heavy atom. The molecule has 0 aliphatic carbocycles. The number of hydrogen-bond donors (Lipinski definition) is 1. The number of para-hydroxylation sites is 2. The van der Waals surface area contributed by atoms with Crippen LogP contribution in [0, 0.1) is 6.92 Å². The Labute approximate surface area is 397 Å². The first kappa shape index (κ1) is 45.0. The van der Waals surface area contributed by atoms with Crippen LogP contribution in [0.3, 0.4) is 0 Å². The molecule has 1 aliphatic rings. The number of hydrogen-bond acceptors (Lipinski definition) is 11. The maximum absolute atomic E-state index is 13.1. The van der Waals surface area contributed by atoms with Gasteiger partial charge in [0.25, 0.3) is 0 Å². The first-order valence-corrected chi connectivity index (χ1v) is 23.1. The van der Waals surface area contributed by atoms with Crippen molar-refractivity contribution in [3.63, 3.8) is 0 Å². The fourth-order valence-corrected chi connectivity index (χ4v) is 9.56. The van der Waals surface area contributed by atoms with Gasteiger partial charge in [0.15, 0.2) is 0 Å². The summed E-state index contributed by atoms with van der Waals surface area (Å²) in [5.74, 6) is 0.908. The minimum atomic E-state index is -1.31. The molecule has 1 atom stereocenters. The Hall–Kier alpha value is -6.22. The summed E-state index contributed by atoms with van der Waals surface area (Å²) in [6.45, 7) is 7.55. The zero-order chi connectivity index (χ0) is 45.9. The number of carboxylic acid groups (broad SMARTS) is 1. The summed E-state index contributed by atoms with van der Waals surface area (Å²) in [4.78, 5) is 22.4. The van der Waals surface area contributed by atoms with E-state index >= 15 is 0 Å². The number of benzene rings is 5. The van der Waals surface area contributed by atoms with Gasteiger partial charge in [0, 0.05) is 73.9 Å². The van der Waals surface area contributed by atoms with Crippen LogP contribution >= 0.6 is 34.7 Å². The number of halogens is 2. The molecule has 3 aromatic heterocycles. The number of aliphatic carboxylic acids is 1. The molecule has 66 heavy (non-hydrogen) atoms. The van der Waals surface area contributed by atoms with Gasteiger partial charge in [-0.1, -0.05) is 59.6 Å². The Morgan fingerprint density at radius 1 is 0.848 bits per heavy atom. The maximum Gasteiger partial charge on any atom is 0.345 e. The summed E-state index contributed by atoms with van der Waals surface area (Å²) in [5.41, 5.74) is 8.04. The molecule has 12 nitrogen and oxygen atoms in total. The van der Waals surface area contributed by atoms with E-state index in [2.05, 4.69) is 21.8 Å². The lowest BCUT2D eigenvalue weighted by molar-refractivity contribution is -0.145. The highest BCUT2D eigenvalue weighted by Gasteiger charge is 2.27. The summed E-state index contributed by atoms with van der Waals surface area (Å²) < 4.78 is 32.0. The highest BCUT2D eigenvalue weighted by molar-refractivity contribution is 7.13. The maximum atomic E-state index is 13.1. The number of rotatable bonds is 16. The lowest BCUT2D eigenvalue weighted by atomic mass is 9.94. The quantitative estimate of drug-likeness (QED) is 0.0996. The van der Waals surface area contributed by atoms with Crippen molar-refractivity contribution in [3.05, 3.63) is 136 Å². The van der Waals surface area contributed by atoms with Crippen molar-refractivity contribution >= 4 is 61.7 Å². The third kappa shape index (κ3) is 9.53. The molecule has 15 heteroatoms. The largest absolute Gasteiger partial charge is 0.496 e. The number of aromatic nitrogens is 4. The number of pyridine rings is 1. The smallest absolute Gasteiger partial charge is 0.345 e. The number of methoxy groups -OCH3 is 1. The van der Waals surface area contributed by atoms with Crippen molar-refractivity contribution < 1.29 is 28.8 Å². The monoisotopic (exact) mass is 942 g/mol. The molecule has 0 amide bonds. The Kier molecular flexibility index (Phi) is 13.4. The fraction of sp³-hybridized carbons (Fsp3) is 0.255. The van der Waals surface area contributed by atoms with Gasteiger partial charge in [-0.15, -0.1) is 0 Å². The zero-order valence-electron chi connectivity index (χ0n) is 37.0. The number of fused-ring (bicyclic) bond motifs is 2. The topological polar surface area (TPSA) is 124 Å². The van der Waals surface area contributed by atoms with Gasteiger partial charge in [-0.3, -0.25) is 14.6 Å². The lowest BCUT2D eigenvalue weighted by Crippen LogP contribution is -2.45. The second-order valence-corrected chi connectivity index (χ2v) is 18.0. The van der Waals surface area contributed by atoms with Crippen molar-refractivity contribution in [3.8, 4) is 56.8 Å². The van der Waals surface area contributed by atoms with E-state index in [9.17, 15) is 9.90 Å². The molecular formula is C51H48Cl2N6O6S. The molecule has 0 bridgehead atoms. The molecule has 1 aliphatic heterocycles. The van der Waals surface area contributed by atoms with Crippen LogP contribution in [-0.4, -0.2) is 99.6 Å². The summed E-state index contributed by atoms with van der Waals surface area (Å²) in [7, 11) is 5.66. The molecule has 338 valence electrons. The normalized spacial score (nSPS) is 13.8. The van der Waals surface area contributed by atoms with Gasteiger partial charge in [0.2, 0.25) is 12.0 Å². The highest BCUT2D eigenvalue weighted by atomic mass is 35.5. The number of ether oxygens (including phenoxy) is 4. The molecule has 1 N–H and O–H groups in total. The van der Waals surface area contributed by atoms with Crippen molar-refractivity contribution in [2.75, 3.05) is 53.5 Å². The second kappa shape index (κ2) is 19.7. The Bertz CT molecular complexity index is 3060. The number of likely N-dealkylation sites (N-methyl/N-ethyl adjacent to an activating group) is 1. The van der Waals surface area contributed by atoms with Gasteiger partial charge < -0.3 is 29.0 Å². The third-order valence-corrected chi connectivity index (χ3v) is 13.5. The van der Waals surface area contributed by atoms with Crippen LogP contribution in [0.2, 0.25) is 10.0 Å². The minimum absolute atomic E-state index is 0.00819. The molecule has 8 aromatic rings. The molecule has 9 rings (SSSR count). The Morgan fingerprint density at radius 2 is 1.64 bits per heavy atom. The zero-order valence-corrected chi connectivity index (χ0v) is 39.3. The molecule has 0 radical (unpaired) electrons. The van der Waals surface area contributed by atoms with Crippen molar-refractivity contribution in [1.82, 2.24) is 28.9 Å². The van der Waals surface area contributed by atoms with Crippen molar-refractivity contribution in [2.24, 2.45) is 7.05 Å². The number of aryl methyl sites for hydroxylation is 1. The average Bonchev–Trinajstić information content (AvgIpc) is 3.89. The third-order valence-electron chi connectivity index (χ3n) is 12.0. The number of carboxylic acids is 1. The minimum Gasteiger partial charge on any atom is -0.496 e. The van der Waals surface area contributed by atoms with E-state index in [1.54, 1.807) is 13.3 Å². The predicted molar refractivity (Wildman–Crippen MR) is 262 cm³/mol. The van der Waals surface area contributed by atoms with Crippen LogP contribution in [-0.2, 0) is 24.9 Å². The van der Waals surface area contributed by atoms with E-state index in [0.717, 1.165) is 98.8 Å². The Balaban J connectivity index is 1.03. The molecule has 0 spiro atoms. The number of carbonyl (C=O) groups is 1. The van der Waals surface area contributed by atoms with Crippen LogP contribution in [0.1, 0.15) is 16.7 Å². The second-order valence-electron chi connectivity index (χ2n) is 16.4. The SMILES string of the molecule is COc1ccccc1-c1cc(COc2ccccc2CC(Oc2nsc3cc(-c4nn(C)c5cc(Cl)ccc45)cc(-c4ccc(OCCN5CCN(C)CC5)c(Cl)c4C)c23)C(=O)O)ccn1. The molecule has 1 unspecified atom stereocenters. The molecule has 1 fully saturated rings. The molecule has 0 saturated carbocycles. The van der Waals surface area contributed by atoms with E-state index in [0.29, 0.717) is 39.1 Å². The average molecular weight is 944 g/mol. The van der Waals surface area contributed by atoms with Crippen molar-refractivity contribution in [2.45, 2.75) is 26.1 Å². The van der Waals surface area contributed by atoms with Crippen LogP contribution in [0.4, 0.5) is 0 Å². The lowest BCUT2D eigenvalue weighted by Gasteiger charge is -2.32. The predicted octanol–water partition coefficient (Wildman–Crippen LogP) is 10.5. The van der Waals surface area contributed by atoms with Gasteiger partial charge in [-0.05, 0) is 120 Å². The first-order chi connectivity index (χ1) is 32.0. The van der Waals surface area contributed by atoms with E-state index < -0.39 is 12.1 Å². The van der Waals surface area contributed by atoms with Crippen LogP contribution < -0.4 is 18.9 Å². The van der Waals surface area contributed by atoms with E-state index in [-0.39, 0.29) is 18.9 Å². The first-order valence-electron chi connectivity index (χ1n) is 21.6. The highest BCUT2D eigenvalue weighted by Crippen LogP contribution is 2.45. The standard InChI is InChI=1S/C51H48Cl2N6O6S/c1-31-36(15-16-44(48(31)53)63-24-23-59-21-19-57(2)20-22-59)39-26-34(49-38-14-13-35(52)29-41(38)58(3)55-49)28-46-47(39)50(56-66-46)65-45(51(60)61)27-33-9-5-7-11-42(33)64-30-32-17-18-54-40(25-32)37-10-6-8-12-43(37)62-4/h5-18,25-26,28-29,45H,19-24,27,30H2,1-4H3,(H,60,61). The summed E-state index contributed by atoms with van der Waals surface area (Å²) in [6.07, 6.45) is 0.434. The van der Waals surface area contributed by atoms with Crippen LogP contribution in [0.5, 0.6) is 23.1 Å². The van der Waals surface area contributed by atoms with Crippen LogP contribution in [0.15, 0.2) is 109 Å². The molecule has 1 saturated heterocycles. The van der Waals surface area contributed by atoms with E-state index in [4.69, 9.17) is 51.6 Å². The van der Waals surface area contributed by atoms with E-state index in [1.807, 2.05) is 122 Å². The summed E-state index contributed by atoms with van der Waals surface area (Å²) in [5, 5.41) is 18.3. The summed E-state index contributed by atoms with van der Waals surface area (Å²) in [6, 6.07) is 32.6. The summed E-state index contributed by atoms with van der Waals surface area (Å²) >= 11 is 14.8. The number of piperazine rings is 1. The van der Waals surface area contributed by atoms with Gasteiger partial charge in [0.1, 0.15) is 36.2 Å². The van der Waals surface area contributed by atoms with Crippen molar-refractivity contribution in [1.29, 1.82) is 0 Å². The molecule has 5 aromatic carbocycles. The van der Waals surface area contributed by atoms with Crippen LogP contribution in [0.25, 0.3) is 54.6 Å². The molecular weight excluding hydrogens is 896 g/mol. The van der Waals surface area contributed by atoms with Gasteiger partial charge in [0.05, 0.1) is 33.4 Å². The molecule has 4 heterocycles. The van der Waals surface area contributed by atoms with Gasteiger partial charge in [-0.2, -0.15) is 9.47 Å². The fourth-order valence-electron chi connectivity index (χ4n) is 8.39.